The van der Waals surface area contributed by atoms with Crippen molar-refractivity contribution in [3.8, 4) is 0 Å². The summed E-state index contributed by atoms with van der Waals surface area (Å²) >= 11 is 0. The van der Waals surface area contributed by atoms with Gasteiger partial charge in [0.15, 0.2) is 0 Å². The van der Waals surface area contributed by atoms with Gasteiger partial charge in [-0.25, -0.2) is 0 Å². The Kier molecular flexibility index (Phi) is 5.94. The number of hydrogen-bond donors (Lipinski definition) is 2. The smallest absolute Gasteiger partial charge is 0.220 e. The van der Waals surface area contributed by atoms with Crippen LogP contribution in [0, 0.1) is 0 Å². The molecule has 2 atom stereocenters. The zero-order chi connectivity index (χ0) is 12.6. The van der Waals surface area contributed by atoms with Crippen molar-refractivity contribution in [1.82, 2.24) is 10.6 Å². The standard InChI is InChI=1S/C14H26N2O2/c17-14(7-6-13-5-1-2-11-18-13)16-10-8-12-4-3-9-15-12/h12-13,15H,1-11H2,(H,16,17). The van der Waals surface area contributed by atoms with Gasteiger partial charge in [0.2, 0.25) is 5.91 Å². The van der Waals surface area contributed by atoms with Gasteiger partial charge < -0.3 is 15.4 Å². The molecule has 0 aliphatic carbocycles. The molecule has 2 heterocycles. The number of amides is 1. The van der Waals surface area contributed by atoms with Crippen molar-refractivity contribution in [2.45, 2.75) is 63.5 Å². The summed E-state index contributed by atoms with van der Waals surface area (Å²) in [5.41, 5.74) is 0. The van der Waals surface area contributed by atoms with E-state index < -0.39 is 0 Å². The summed E-state index contributed by atoms with van der Waals surface area (Å²) in [6.07, 6.45) is 8.96. The fourth-order valence-electron chi connectivity index (χ4n) is 2.80. The van der Waals surface area contributed by atoms with E-state index in [1.54, 1.807) is 0 Å². The first-order chi connectivity index (χ1) is 8.84. The number of carbonyl (C=O) groups is 1. The van der Waals surface area contributed by atoms with Gasteiger partial charge in [-0.3, -0.25) is 4.79 Å². The monoisotopic (exact) mass is 254 g/mol. The molecule has 18 heavy (non-hydrogen) atoms. The first kappa shape index (κ1) is 13.8. The molecule has 0 radical (unpaired) electrons. The summed E-state index contributed by atoms with van der Waals surface area (Å²) in [6, 6.07) is 0.618. The van der Waals surface area contributed by atoms with Crippen LogP contribution in [0.5, 0.6) is 0 Å². The predicted octanol–water partition coefficient (Wildman–Crippen LogP) is 1.59. The Morgan fingerprint density at radius 2 is 2.17 bits per heavy atom. The van der Waals surface area contributed by atoms with E-state index in [0.29, 0.717) is 18.6 Å². The van der Waals surface area contributed by atoms with E-state index in [-0.39, 0.29) is 5.91 Å². The van der Waals surface area contributed by atoms with Crippen LogP contribution in [0.2, 0.25) is 0 Å². The summed E-state index contributed by atoms with van der Waals surface area (Å²) in [5, 5.41) is 6.46. The first-order valence-corrected chi connectivity index (χ1v) is 7.46. The largest absolute Gasteiger partial charge is 0.378 e. The van der Waals surface area contributed by atoms with Crippen molar-refractivity contribution in [2.75, 3.05) is 19.7 Å². The Balaban J connectivity index is 1.49. The molecule has 2 aliphatic heterocycles. The molecule has 1 amide bonds. The average Bonchev–Trinajstić information content (AvgIpc) is 2.91. The Labute approximate surface area is 110 Å². The predicted molar refractivity (Wildman–Crippen MR) is 71.5 cm³/mol. The summed E-state index contributed by atoms with van der Waals surface area (Å²) in [7, 11) is 0. The van der Waals surface area contributed by atoms with Gasteiger partial charge in [-0.2, -0.15) is 0 Å². The molecule has 2 fully saturated rings. The second kappa shape index (κ2) is 7.74. The maximum atomic E-state index is 11.7. The van der Waals surface area contributed by atoms with Crippen LogP contribution in [0.3, 0.4) is 0 Å². The number of ether oxygens (including phenoxy) is 1. The van der Waals surface area contributed by atoms with E-state index in [1.165, 1.54) is 25.7 Å². The van der Waals surface area contributed by atoms with Crippen molar-refractivity contribution in [1.29, 1.82) is 0 Å². The minimum Gasteiger partial charge on any atom is -0.378 e. The minimum absolute atomic E-state index is 0.183. The van der Waals surface area contributed by atoms with Gasteiger partial charge in [0.05, 0.1) is 6.10 Å². The second-order valence-corrected chi connectivity index (χ2v) is 5.46. The average molecular weight is 254 g/mol. The van der Waals surface area contributed by atoms with Gasteiger partial charge in [0, 0.05) is 25.6 Å². The highest BCUT2D eigenvalue weighted by Gasteiger charge is 2.16. The highest BCUT2D eigenvalue weighted by molar-refractivity contribution is 5.75. The molecular weight excluding hydrogens is 228 g/mol. The maximum Gasteiger partial charge on any atom is 0.220 e. The third-order valence-corrected chi connectivity index (χ3v) is 3.94. The SMILES string of the molecule is O=C(CCC1CCCCO1)NCCC1CCCN1. The van der Waals surface area contributed by atoms with E-state index >= 15 is 0 Å². The summed E-state index contributed by atoms with van der Waals surface area (Å²) in [5.74, 6) is 0.183. The molecule has 4 heteroatoms. The van der Waals surface area contributed by atoms with Crippen molar-refractivity contribution in [2.24, 2.45) is 0 Å². The number of rotatable bonds is 6. The van der Waals surface area contributed by atoms with Crippen molar-refractivity contribution in [3.63, 3.8) is 0 Å². The number of carbonyl (C=O) groups excluding carboxylic acids is 1. The molecule has 0 spiro atoms. The Hall–Kier alpha value is -0.610. The lowest BCUT2D eigenvalue weighted by atomic mass is 10.0. The Bertz CT molecular complexity index is 246. The maximum absolute atomic E-state index is 11.7. The fraction of sp³-hybridized carbons (Fsp3) is 0.929. The van der Waals surface area contributed by atoms with Crippen LogP contribution in [-0.2, 0) is 9.53 Å². The lowest BCUT2D eigenvalue weighted by Gasteiger charge is -2.22. The number of nitrogens with one attached hydrogen (secondary N) is 2. The van der Waals surface area contributed by atoms with E-state index in [0.717, 1.165) is 39.0 Å². The second-order valence-electron chi connectivity index (χ2n) is 5.46. The fourth-order valence-corrected chi connectivity index (χ4v) is 2.80. The normalized spacial score (nSPS) is 28.2. The van der Waals surface area contributed by atoms with Crippen LogP contribution in [0.15, 0.2) is 0 Å². The summed E-state index contributed by atoms with van der Waals surface area (Å²) in [6.45, 7) is 2.82. The molecule has 104 valence electrons. The molecule has 0 aromatic rings. The summed E-state index contributed by atoms with van der Waals surface area (Å²) in [4.78, 5) is 11.7. The molecule has 0 aromatic carbocycles. The van der Waals surface area contributed by atoms with Crippen LogP contribution < -0.4 is 10.6 Å². The quantitative estimate of drug-likeness (QED) is 0.757. The van der Waals surface area contributed by atoms with E-state index in [9.17, 15) is 4.79 Å². The lowest BCUT2D eigenvalue weighted by Crippen LogP contribution is -2.31. The van der Waals surface area contributed by atoms with Crippen molar-refractivity contribution >= 4 is 5.91 Å². The molecule has 4 nitrogen and oxygen atoms in total. The molecule has 0 bridgehead atoms. The molecule has 0 aromatic heterocycles. The minimum atomic E-state index is 0.183. The third kappa shape index (κ3) is 4.94. The number of hydrogen-bond acceptors (Lipinski definition) is 3. The van der Waals surface area contributed by atoms with Crippen LogP contribution in [0.1, 0.15) is 51.4 Å². The topological polar surface area (TPSA) is 50.4 Å². The van der Waals surface area contributed by atoms with Crippen molar-refractivity contribution < 1.29 is 9.53 Å². The third-order valence-electron chi connectivity index (χ3n) is 3.94. The van der Waals surface area contributed by atoms with Gasteiger partial charge in [-0.05, 0) is 51.5 Å². The Morgan fingerprint density at radius 1 is 1.22 bits per heavy atom. The molecule has 2 rings (SSSR count). The van der Waals surface area contributed by atoms with Crippen LogP contribution >= 0.6 is 0 Å². The molecule has 2 unspecified atom stereocenters. The van der Waals surface area contributed by atoms with Crippen molar-refractivity contribution in [3.05, 3.63) is 0 Å². The summed E-state index contributed by atoms with van der Waals surface area (Å²) < 4.78 is 5.62. The highest BCUT2D eigenvalue weighted by atomic mass is 16.5. The van der Waals surface area contributed by atoms with Gasteiger partial charge in [-0.1, -0.05) is 0 Å². The zero-order valence-electron chi connectivity index (χ0n) is 11.2. The van der Waals surface area contributed by atoms with Gasteiger partial charge in [0.1, 0.15) is 0 Å². The van der Waals surface area contributed by atoms with Crippen LogP contribution in [0.25, 0.3) is 0 Å². The molecule has 2 aliphatic rings. The lowest BCUT2D eigenvalue weighted by molar-refractivity contribution is -0.122. The van der Waals surface area contributed by atoms with Gasteiger partial charge in [-0.15, -0.1) is 0 Å². The van der Waals surface area contributed by atoms with Gasteiger partial charge >= 0.3 is 0 Å². The van der Waals surface area contributed by atoms with Gasteiger partial charge in [0.25, 0.3) is 0 Å². The van der Waals surface area contributed by atoms with E-state index in [2.05, 4.69) is 10.6 Å². The highest BCUT2D eigenvalue weighted by Crippen LogP contribution is 2.16. The first-order valence-electron chi connectivity index (χ1n) is 7.46. The zero-order valence-corrected chi connectivity index (χ0v) is 11.2. The molecule has 2 N–H and O–H groups in total. The molecular formula is C14H26N2O2. The molecule has 0 saturated carbocycles. The molecule has 2 saturated heterocycles. The van der Waals surface area contributed by atoms with Crippen LogP contribution in [0.4, 0.5) is 0 Å². The van der Waals surface area contributed by atoms with E-state index in [1.807, 2.05) is 0 Å². The van der Waals surface area contributed by atoms with Crippen LogP contribution in [-0.4, -0.2) is 37.7 Å². The van der Waals surface area contributed by atoms with E-state index in [4.69, 9.17) is 4.74 Å². The Morgan fingerprint density at radius 3 is 2.89 bits per heavy atom.